The van der Waals surface area contributed by atoms with Crippen molar-refractivity contribution < 1.29 is 14.3 Å². The molecule has 2 heterocycles. The van der Waals surface area contributed by atoms with Crippen LogP contribution < -0.4 is 16.0 Å². The van der Waals surface area contributed by atoms with E-state index in [1.54, 1.807) is 79.4 Å². The van der Waals surface area contributed by atoms with Crippen molar-refractivity contribution in [2.75, 3.05) is 16.0 Å². The molecule has 0 fully saturated rings. The van der Waals surface area contributed by atoms with E-state index in [-0.39, 0.29) is 24.0 Å². The summed E-state index contributed by atoms with van der Waals surface area (Å²) in [5.74, 6) is -0.678. The van der Waals surface area contributed by atoms with Crippen molar-refractivity contribution in [2.45, 2.75) is 46.3 Å². The van der Waals surface area contributed by atoms with Crippen LogP contribution in [0, 0.1) is 24.7 Å². The summed E-state index contributed by atoms with van der Waals surface area (Å²) in [4.78, 5) is 33.6. The van der Waals surface area contributed by atoms with Gasteiger partial charge in [0.15, 0.2) is 0 Å². The smallest absolute Gasteiger partial charge is 0.309 e. The highest BCUT2D eigenvalue weighted by Gasteiger charge is 2.35. The fourth-order valence-electron chi connectivity index (χ4n) is 5.07. The van der Waals surface area contributed by atoms with Gasteiger partial charge in [0, 0.05) is 26.6 Å². The summed E-state index contributed by atoms with van der Waals surface area (Å²) in [6.07, 6.45) is -0.818. The van der Waals surface area contributed by atoms with E-state index in [9.17, 15) is 9.59 Å². The number of esters is 1. The molecule has 1 amide bonds. The summed E-state index contributed by atoms with van der Waals surface area (Å²) >= 11 is 7.66. The Morgan fingerprint density at radius 1 is 1.09 bits per heavy atom. The lowest BCUT2D eigenvalue weighted by atomic mass is 9.99. The van der Waals surface area contributed by atoms with Crippen LogP contribution in [-0.4, -0.2) is 35.3 Å². The van der Waals surface area contributed by atoms with Crippen LogP contribution in [-0.2, 0) is 9.53 Å². The maximum atomic E-state index is 13.3. The number of nitrogen functional groups attached to an aromatic ring is 1. The maximum absolute atomic E-state index is 13.3. The molecule has 0 aliphatic carbocycles. The van der Waals surface area contributed by atoms with Crippen LogP contribution in [0.3, 0.4) is 0 Å². The second kappa shape index (κ2) is 13.1. The van der Waals surface area contributed by atoms with Gasteiger partial charge >= 0.3 is 5.97 Å². The van der Waals surface area contributed by atoms with Crippen LogP contribution in [0.5, 0.6) is 0 Å². The second-order valence-corrected chi connectivity index (χ2v) is 12.4. The van der Waals surface area contributed by atoms with Crippen molar-refractivity contribution >= 4 is 68.6 Å². The molecule has 0 bridgehead atoms. The molecule has 0 radical (unpaired) electrons. The van der Waals surface area contributed by atoms with E-state index < -0.39 is 18.1 Å². The van der Waals surface area contributed by atoms with Gasteiger partial charge in [-0.05, 0) is 75.2 Å². The van der Waals surface area contributed by atoms with E-state index in [0.29, 0.717) is 33.2 Å². The molecule has 3 aromatic carbocycles. The number of amides is 1. The zero-order valence-electron chi connectivity index (χ0n) is 25.3. The highest BCUT2D eigenvalue weighted by atomic mass is 35.5. The molecule has 1 aliphatic rings. The quantitative estimate of drug-likeness (QED) is 0.0713. The van der Waals surface area contributed by atoms with Gasteiger partial charge < -0.3 is 15.8 Å². The predicted octanol–water partition coefficient (Wildman–Crippen LogP) is 7.55. The number of hydrogen-bond acceptors (Lipinski definition) is 8. The lowest BCUT2D eigenvalue weighted by molar-refractivity contribution is -0.148. The number of benzene rings is 3. The standard InChI is InChI=1S/C34H33ClN6O3S/c1-18-20(3)45-34-30(18)31(23-13-15-25(35)16-14-23)39-28(32(38)41(34)21(4)36)17-29(42)44-19(2)22-9-11-24(12-10-22)33(43)40-27-8-6-5-7-26(27)37/h5-16,19,28,36,38H,17,37H2,1-4H3,(H,40,43)/t19-,28?/m1/s1. The molecule has 1 unspecified atom stereocenters. The zero-order chi connectivity index (χ0) is 32.4. The summed E-state index contributed by atoms with van der Waals surface area (Å²) in [7, 11) is 0. The molecule has 5 N–H and O–H groups in total. The van der Waals surface area contributed by atoms with Gasteiger partial charge in [0.05, 0.1) is 23.5 Å². The first-order valence-corrected chi connectivity index (χ1v) is 15.5. The molecule has 11 heteroatoms. The number of thiophene rings is 1. The topological polar surface area (TPSA) is 145 Å². The highest BCUT2D eigenvalue weighted by molar-refractivity contribution is 7.17. The van der Waals surface area contributed by atoms with Gasteiger partial charge in [-0.15, -0.1) is 11.3 Å². The number of carbonyl (C=O) groups is 2. The third kappa shape index (κ3) is 6.67. The first-order chi connectivity index (χ1) is 21.4. The number of amidine groups is 2. The lowest BCUT2D eigenvalue weighted by Gasteiger charge is -2.25. The van der Waals surface area contributed by atoms with Crippen LogP contribution in [0.2, 0.25) is 5.02 Å². The molecule has 230 valence electrons. The Kier molecular flexibility index (Phi) is 9.17. The normalized spacial score (nSPS) is 15.0. The molecule has 1 aromatic heterocycles. The van der Waals surface area contributed by atoms with Crippen LogP contribution in [0.25, 0.3) is 0 Å². The monoisotopic (exact) mass is 640 g/mol. The highest BCUT2D eigenvalue weighted by Crippen LogP contribution is 2.40. The van der Waals surface area contributed by atoms with Gasteiger partial charge in [0.2, 0.25) is 0 Å². The molecule has 0 spiro atoms. The SMILES string of the molecule is CC(=N)N1C(=N)C(CC(=O)O[C@H](C)c2ccc(C(=O)Nc3ccccc3N)cc2)N=C(c2ccc(Cl)cc2)c2c1sc(C)c2C. The largest absolute Gasteiger partial charge is 0.458 e. The molecule has 2 atom stereocenters. The third-order valence-corrected chi connectivity index (χ3v) is 9.07. The summed E-state index contributed by atoms with van der Waals surface area (Å²) < 4.78 is 5.78. The van der Waals surface area contributed by atoms with E-state index in [2.05, 4.69) is 5.32 Å². The number of halogens is 1. The zero-order valence-corrected chi connectivity index (χ0v) is 26.8. The fourth-order valence-corrected chi connectivity index (χ4v) is 6.42. The molecular formula is C34H33ClN6O3S. The number of carbonyl (C=O) groups excluding carboxylic acids is 2. The summed E-state index contributed by atoms with van der Waals surface area (Å²) in [5.41, 5.74) is 11.3. The Labute approximate surface area is 270 Å². The van der Waals surface area contributed by atoms with E-state index in [0.717, 1.165) is 26.6 Å². The molecule has 1 aliphatic heterocycles. The Balaban J connectivity index is 1.36. The second-order valence-electron chi connectivity index (χ2n) is 10.8. The van der Waals surface area contributed by atoms with Gasteiger partial charge in [-0.25, -0.2) is 0 Å². The Morgan fingerprint density at radius 2 is 1.76 bits per heavy atom. The van der Waals surface area contributed by atoms with Gasteiger partial charge in [-0.2, -0.15) is 0 Å². The lowest BCUT2D eigenvalue weighted by Crippen LogP contribution is -2.41. The van der Waals surface area contributed by atoms with Crippen molar-refractivity contribution in [3.63, 3.8) is 0 Å². The van der Waals surface area contributed by atoms with E-state index >= 15 is 0 Å². The summed E-state index contributed by atoms with van der Waals surface area (Å²) in [5, 5.41) is 21.7. The van der Waals surface area contributed by atoms with Crippen molar-refractivity contribution in [3.05, 3.63) is 111 Å². The fraction of sp³-hybridized carbons (Fsp3) is 0.206. The van der Waals surface area contributed by atoms with Crippen molar-refractivity contribution in [2.24, 2.45) is 4.99 Å². The average molecular weight is 641 g/mol. The van der Waals surface area contributed by atoms with Gasteiger partial charge in [0.25, 0.3) is 5.91 Å². The molecule has 0 saturated carbocycles. The van der Waals surface area contributed by atoms with Gasteiger partial charge in [0.1, 0.15) is 28.8 Å². The summed E-state index contributed by atoms with van der Waals surface area (Å²) in [6, 6.07) is 20.2. The van der Waals surface area contributed by atoms with Crippen molar-refractivity contribution in [1.82, 2.24) is 0 Å². The number of rotatable bonds is 7. The number of para-hydroxylation sites is 2. The van der Waals surface area contributed by atoms with Crippen LogP contribution in [0.1, 0.15) is 63.9 Å². The van der Waals surface area contributed by atoms with Crippen LogP contribution in [0.4, 0.5) is 16.4 Å². The Hall–Kier alpha value is -4.80. The number of aryl methyl sites for hydroxylation is 1. The summed E-state index contributed by atoms with van der Waals surface area (Å²) in [6.45, 7) is 7.37. The Morgan fingerprint density at radius 3 is 2.40 bits per heavy atom. The minimum absolute atomic E-state index is 0.0213. The number of nitrogens with zero attached hydrogens (tertiary/aromatic N) is 2. The van der Waals surface area contributed by atoms with Crippen LogP contribution in [0.15, 0.2) is 77.8 Å². The Bertz CT molecular complexity index is 1830. The van der Waals surface area contributed by atoms with Gasteiger partial charge in [-0.1, -0.05) is 48.0 Å². The third-order valence-electron chi connectivity index (χ3n) is 7.62. The average Bonchev–Trinajstić information content (AvgIpc) is 3.22. The first-order valence-electron chi connectivity index (χ1n) is 14.3. The number of anilines is 3. The van der Waals surface area contributed by atoms with E-state index in [1.807, 2.05) is 26.0 Å². The molecule has 45 heavy (non-hydrogen) atoms. The van der Waals surface area contributed by atoms with Crippen molar-refractivity contribution in [1.29, 1.82) is 10.8 Å². The minimum Gasteiger partial charge on any atom is -0.458 e. The maximum Gasteiger partial charge on any atom is 0.309 e. The first kappa shape index (κ1) is 31.6. The number of nitrogens with one attached hydrogen (secondary N) is 3. The molecule has 9 nitrogen and oxygen atoms in total. The predicted molar refractivity (Wildman–Crippen MR) is 183 cm³/mol. The van der Waals surface area contributed by atoms with Gasteiger partial charge in [-0.3, -0.25) is 30.3 Å². The molecule has 4 aromatic rings. The number of ether oxygens (including phenoxy) is 1. The van der Waals surface area contributed by atoms with E-state index in [1.165, 1.54) is 11.3 Å². The van der Waals surface area contributed by atoms with Crippen LogP contribution >= 0.6 is 22.9 Å². The minimum atomic E-state index is -0.897. The molecule has 5 rings (SSSR count). The van der Waals surface area contributed by atoms with Crippen molar-refractivity contribution in [3.8, 4) is 0 Å². The number of aliphatic imine (C=N–C) groups is 1. The van der Waals surface area contributed by atoms with E-state index in [4.69, 9.17) is 37.9 Å². The number of fused-ring (bicyclic) bond motifs is 1. The molecular weight excluding hydrogens is 608 g/mol. The number of nitrogens with two attached hydrogens (primary N) is 1. The molecule has 0 saturated heterocycles. The number of hydrogen-bond donors (Lipinski definition) is 4.